The Labute approximate surface area is 127 Å². The molecule has 0 spiro atoms. The van der Waals surface area contributed by atoms with Gasteiger partial charge in [-0.25, -0.2) is 14.4 Å². The molecule has 0 aliphatic heterocycles. The van der Waals surface area contributed by atoms with Crippen LogP contribution in [0.3, 0.4) is 0 Å². The smallest absolute Gasteiger partial charge is 0.164 e. The molecule has 1 aliphatic carbocycles. The molecule has 0 amide bonds. The molecule has 2 aromatic rings. The Morgan fingerprint density at radius 2 is 1.85 bits per heavy atom. The fourth-order valence-electron chi connectivity index (χ4n) is 2.66. The minimum absolute atomic E-state index is 0.0634. The Balaban J connectivity index is 2.07. The largest absolute Gasteiger partial charge is 0.233 e. The van der Waals surface area contributed by atoms with E-state index in [1.165, 1.54) is 18.9 Å². The van der Waals surface area contributed by atoms with Crippen molar-refractivity contribution in [3.8, 4) is 11.4 Å². The number of hydrogen-bond acceptors (Lipinski definition) is 2. The molecule has 3 rings (SSSR count). The predicted molar refractivity (Wildman–Crippen MR) is 78.7 cm³/mol. The molecular weight excluding hydrogens is 298 g/mol. The Hall–Kier alpha value is -1.19. The van der Waals surface area contributed by atoms with Crippen molar-refractivity contribution in [1.29, 1.82) is 0 Å². The molecule has 0 saturated heterocycles. The van der Waals surface area contributed by atoms with E-state index in [9.17, 15) is 4.39 Å². The van der Waals surface area contributed by atoms with Crippen LogP contribution in [0.2, 0.25) is 10.2 Å². The third-order valence-electron chi connectivity index (χ3n) is 3.68. The molecule has 1 aromatic carbocycles. The van der Waals surface area contributed by atoms with Crippen molar-refractivity contribution in [2.24, 2.45) is 0 Å². The summed E-state index contributed by atoms with van der Waals surface area (Å²) in [5.41, 5.74) is 1.19. The molecule has 1 aliphatic rings. The van der Waals surface area contributed by atoms with E-state index < -0.39 is 5.82 Å². The minimum Gasteiger partial charge on any atom is -0.233 e. The number of aromatic nitrogens is 2. The maximum absolute atomic E-state index is 14.1. The summed E-state index contributed by atoms with van der Waals surface area (Å²) in [7, 11) is 0. The van der Waals surface area contributed by atoms with Crippen LogP contribution in [-0.2, 0) is 0 Å². The highest BCUT2D eigenvalue weighted by Gasteiger charge is 2.21. The molecule has 104 valence electrons. The van der Waals surface area contributed by atoms with Gasteiger partial charge in [0.05, 0.1) is 10.6 Å². The van der Waals surface area contributed by atoms with Gasteiger partial charge in [-0.15, -0.1) is 0 Å². The summed E-state index contributed by atoms with van der Waals surface area (Å²) in [6, 6.07) is 6.58. The van der Waals surface area contributed by atoms with Gasteiger partial charge >= 0.3 is 0 Å². The van der Waals surface area contributed by atoms with Crippen LogP contribution in [0.5, 0.6) is 0 Å². The van der Waals surface area contributed by atoms with Crippen molar-refractivity contribution in [3.63, 3.8) is 0 Å². The Bertz CT molecular complexity index is 640. The second-order valence-electron chi connectivity index (χ2n) is 5.02. The van der Waals surface area contributed by atoms with E-state index >= 15 is 0 Å². The number of halogens is 3. The second-order valence-corrected chi connectivity index (χ2v) is 5.82. The highest BCUT2D eigenvalue weighted by atomic mass is 35.5. The Kier molecular flexibility index (Phi) is 3.90. The monoisotopic (exact) mass is 310 g/mol. The summed E-state index contributed by atoms with van der Waals surface area (Å²) in [5.74, 6) is 0.199. The van der Waals surface area contributed by atoms with Gasteiger partial charge in [0.15, 0.2) is 11.6 Å². The zero-order chi connectivity index (χ0) is 14.1. The topological polar surface area (TPSA) is 25.8 Å². The first-order chi connectivity index (χ1) is 9.65. The second kappa shape index (κ2) is 5.66. The van der Waals surface area contributed by atoms with Gasteiger partial charge < -0.3 is 0 Å². The molecule has 0 atom stereocenters. The summed E-state index contributed by atoms with van der Waals surface area (Å²) in [4.78, 5) is 8.63. The maximum atomic E-state index is 14.1. The summed E-state index contributed by atoms with van der Waals surface area (Å²) < 4.78 is 14.1. The highest BCUT2D eigenvalue weighted by molar-refractivity contribution is 6.31. The molecular formula is C15H13Cl2FN2. The van der Waals surface area contributed by atoms with Crippen molar-refractivity contribution >= 4 is 23.2 Å². The van der Waals surface area contributed by atoms with E-state index in [0.717, 1.165) is 18.5 Å². The molecule has 5 heteroatoms. The highest BCUT2D eigenvalue weighted by Crippen LogP contribution is 2.35. The molecule has 2 nitrogen and oxygen atoms in total. The predicted octanol–water partition coefficient (Wildman–Crippen LogP) is 5.25. The molecule has 0 N–H and O–H groups in total. The van der Waals surface area contributed by atoms with Crippen molar-refractivity contribution in [1.82, 2.24) is 9.97 Å². The van der Waals surface area contributed by atoms with Crippen LogP contribution in [0, 0.1) is 5.82 Å². The van der Waals surface area contributed by atoms with Crippen molar-refractivity contribution in [2.75, 3.05) is 0 Å². The molecule has 1 aromatic heterocycles. The van der Waals surface area contributed by atoms with Crippen molar-refractivity contribution < 1.29 is 4.39 Å². The van der Waals surface area contributed by atoms with Crippen molar-refractivity contribution in [3.05, 3.63) is 46.0 Å². The third kappa shape index (κ3) is 2.65. The zero-order valence-electron chi connectivity index (χ0n) is 10.7. The number of hydrogen-bond donors (Lipinski definition) is 0. The molecule has 0 unspecified atom stereocenters. The normalized spacial score (nSPS) is 15.8. The first-order valence-corrected chi connectivity index (χ1v) is 7.39. The van der Waals surface area contributed by atoms with Crippen LogP contribution in [0.4, 0.5) is 4.39 Å². The average molecular weight is 311 g/mol. The van der Waals surface area contributed by atoms with Crippen LogP contribution < -0.4 is 0 Å². The van der Waals surface area contributed by atoms with Gasteiger partial charge in [0, 0.05) is 11.6 Å². The fraction of sp³-hybridized carbons (Fsp3) is 0.333. The summed E-state index contributed by atoms with van der Waals surface area (Å²) >= 11 is 11.9. The van der Waals surface area contributed by atoms with Crippen molar-refractivity contribution in [2.45, 2.75) is 31.6 Å². The summed E-state index contributed by atoms with van der Waals surface area (Å²) in [6.07, 6.45) is 4.61. The zero-order valence-corrected chi connectivity index (χ0v) is 12.3. The Morgan fingerprint density at radius 3 is 2.60 bits per heavy atom. The lowest BCUT2D eigenvalue weighted by Gasteiger charge is -2.11. The van der Waals surface area contributed by atoms with E-state index in [0.29, 0.717) is 22.5 Å². The molecule has 0 radical (unpaired) electrons. The lowest BCUT2D eigenvalue weighted by Crippen LogP contribution is -2.01. The van der Waals surface area contributed by atoms with Crippen LogP contribution in [0.15, 0.2) is 24.3 Å². The molecule has 0 bridgehead atoms. The lowest BCUT2D eigenvalue weighted by molar-refractivity contribution is 0.629. The standard InChI is InChI=1S/C15H13Cl2FN2/c16-11-7-3-6-10(14(11)18)15-19-12(8-13(17)20-15)9-4-1-2-5-9/h3,6-9H,1-2,4-5H2. The maximum Gasteiger partial charge on any atom is 0.164 e. The van der Waals surface area contributed by atoms with E-state index in [1.54, 1.807) is 18.2 Å². The van der Waals surface area contributed by atoms with Crippen LogP contribution in [0.1, 0.15) is 37.3 Å². The van der Waals surface area contributed by atoms with Crippen LogP contribution in [-0.4, -0.2) is 9.97 Å². The van der Waals surface area contributed by atoms with Crippen LogP contribution in [0.25, 0.3) is 11.4 Å². The SMILES string of the molecule is Fc1c(Cl)cccc1-c1nc(Cl)cc(C2CCCC2)n1. The van der Waals surface area contributed by atoms with Gasteiger partial charge in [-0.05, 0) is 31.0 Å². The van der Waals surface area contributed by atoms with Gasteiger partial charge in [-0.1, -0.05) is 42.1 Å². The number of nitrogens with zero attached hydrogens (tertiary/aromatic N) is 2. The minimum atomic E-state index is -0.506. The van der Waals surface area contributed by atoms with E-state index in [-0.39, 0.29) is 5.02 Å². The van der Waals surface area contributed by atoms with Gasteiger partial charge in [-0.3, -0.25) is 0 Å². The molecule has 20 heavy (non-hydrogen) atoms. The summed E-state index contributed by atoms with van der Waals surface area (Å²) in [6.45, 7) is 0. The van der Waals surface area contributed by atoms with Gasteiger partial charge in [-0.2, -0.15) is 0 Å². The van der Waals surface area contributed by atoms with E-state index in [2.05, 4.69) is 9.97 Å². The van der Waals surface area contributed by atoms with E-state index in [1.807, 2.05) is 0 Å². The first kappa shape index (κ1) is 13.8. The summed E-state index contributed by atoms with van der Waals surface area (Å²) in [5, 5.41) is 0.407. The number of rotatable bonds is 2. The molecule has 1 saturated carbocycles. The molecule has 1 heterocycles. The van der Waals surface area contributed by atoms with Gasteiger partial charge in [0.25, 0.3) is 0 Å². The van der Waals surface area contributed by atoms with Crippen LogP contribution >= 0.6 is 23.2 Å². The van der Waals surface area contributed by atoms with E-state index in [4.69, 9.17) is 23.2 Å². The third-order valence-corrected chi connectivity index (χ3v) is 4.17. The fourth-order valence-corrected chi connectivity index (χ4v) is 3.03. The average Bonchev–Trinajstić information content (AvgIpc) is 2.95. The Morgan fingerprint density at radius 1 is 1.10 bits per heavy atom. The van der Waals surface area contributed by atoms with Gasteiger partial charge in [0.2, 0.25) is 0 Å². The quantitative estimate of drug-likeness (QED) is 0.708. The number of benzene rings is 1. The molecule has 1 fully saturated rings. The first-order valence-electron chi connectivity index (χ1n) is 6.64. The lowest BCUT2D eigenvalue weighted by atomic mass is 10.0. The van der Waals surface area contributed by atoms with Gasteiger partial charge in [0.1, 0.15) is 5.15 Å².